The number of hydrogen-bond acceptors (Lipinski definition) is 4. The van der Waals surface area contributed by atoms with Crippen LogP contribution >= 0.6 is 11.3 Å². The summed E-state index contributed by atoms with van der Waals surface area (Å²) in [5.41, 5.74) is 1.73. The maximum atomic E-state index is 11.7. The molecular formula is C15H21N3O2S. The van der Waals surface area contributed by atoms with Gasteiger partial charge in [0.25, 0.3) is 0 Å². The Bertz CT molecular complexity index is 631. The molecule has 0 radical (unpaired) electrons. The normalized spacial score (nSPS) is 11.6. The molecule has 0 fully saturated rings. The van der Waals surface area contributed by atoms with Crippen molar-refractivity contribution in [3.05, 3.63) is 23.2 Å². The number of amides is 2. The summed E-state index contributed by atoms with van der Waals surface area (Å²) in [6, 6.07) is 5.45. The number of carbonyl (C=O) groups excluding carboxylic acids is 1. The van der Waals surface area contributed by atoms with Gasteiger partial charge < -0.3 is 15.7 Å². The van der Waals surface area contributed by atoms with Crippen LogP contribution in [-0.2, 0) is 5.41 Å². The van der Waals surface area contributed by atoms with Crippen molar-refractivity contribution in [1.82, 2.24) is 10.3 Å². The Kier molecular flexibility index (Phi) is 4.80. The van der Waals surface area contributed by atoms with E-state index in [4.69, 9.17) is 5.11 Å². The molecule has 0 atom stereocenters. The third kappa shape index (κ3) is 4.15. The lowest BCUT2D eigenvalue weighted by Crippen LogP contribution is -2.29. The molecular weight excluding hydrogens is 286 g/mol. The summed E-state index contributed by atoms with van der Waals surface area (Å²) < 4.78 is 1.06. The first kappa shape index (κ1) is 15.7. The fraction of sp³-hybridized carbons (Fsp3) is 0.467. The molecule has 0 aliphatic rings. The number of aliphatic hydroxyl groups excluding tert-OH is 1. The Morgan fingerprint density at radius 3 is 2.81 bits per heavy atom. The zero-order valence-electron chi connectivity index (χ0n) is 12.6. The van der Waals surface area contributed by atoms with Gasteiger partial charge in [-0.1, -0.05) is 20.8 Å². The quantitative estimate of drug-likeness (QED) is 0.760. The van der Waals surface area contributed by atoms with Crippen molar-refractivity contribution in [2.45, 2.75) is 32.6 Å². The standard InChI is InChI=1S/C15H21N3O2S/c1-15(2,3)13-18-11-6-5-10(9-12(11)21-13)17-14(20)16-7-4-8-19/h5-6,9,19H,4,7-8H2,1-3H3,(H2,16,17,20). The van der Waals surface area contributed by atoms with Gasteiger partial charge in [0.2, 0.25) is 0 Å². The molecule has 114 valence electrons. The van der Waals surface area contributed by atoms with Gasteiger partial charge in [-0.3, -0.25) is 0 Å². The molecule has 0 aliphatic heterocycles. The predicted molar refractivity (Wildman–Crippen MR) is 87.0 cm³/mol. The predicted octanol–water partition coefficient (Wildman–Crippen LogP) is 3.10. The van der Waals surface area contributed by atoms with Crippen LogP contribution in [0.15, 0.2) is 18.2 Å². The number of carbonyl (C=O) groups is 1. The lowest BCUT2D eigenvalue weighted by Gasteiger charge is -2.13. The minimum atomic E-state index is -0.261. The molecule has 1 aromatic heterocycles. The third-order valence-corrected chi connectivity index (χ3v) is 4.35. The van der Waals surface area contributed by atoms with E-state index >= 15 is 0 Å². The van der Waals surface area contributed by atoms with Crippen LogP contribution in [0.4, 0.5) is 10.5 Å². The fourth-order valence-corrected chi connectivity index (χ4v) is 2.84. The number of rotatable bonds is 4. The molecule has 0 saturated heterocycles. The molecule has 6 heteroatoms. The zero-order valence-corrected chi connectivity index (χ0v) is 13.4. The second-order valence-electron chi connectivity index (χ2n) is 5.91. The number of nitrogens with zero attached hydrogens (tertiary/aromatic N) is 1. The lowest BCUT2D eigenvalue weighted by atomic mass is 9.98. The average Bonchev–Trinajstić information content (AvgIpc) is 2.82. The Hall–Kier alpha value is -1.66. The van der Waals surface area contributed by atoms with E-state index in [0.717, 1.165) is 20.9 Å². The van der Waals surface area contributed by atoms with Gasteiger partial charge in [0.1, 0.15) is 0 Å². The first-order valence-electron chi connectivity index (χ1n) is 6.97. The van der Waals surface area contributed by atoms with Crippen LogP contribution in [0.1, 0.15) is 32.2 Å². The van der Waals surface area contributed by atoms with Crippen LogP contribution in [0.2, 0.25) is 0 Å². The number of aliphatic hydroxyl groups is 1. The summed E-state index contributed by atoms with van der Waals surface area (Å²) >= 11 is 1.65. The van der Waals surface area contributed by atoms with E-state index in [-0.39, 0.29) is 18.1 Å². The summed E-state index contributed by atoms with van der Waals surface area (Å²) in [5, 5.41) is 15.2. The van der Waals surface area contributed by atoms with Crippen molar-refractivity contribution in [1.29, 1.82) is 0 Å². The number of urea groups is 1. The average molecular weight is 307 g/mol. The molecule has 0 saturated carbocycles. The molecule has 21 heavy (non-hydrogen) atoms. The molecule has 1 aromatic carbocycles. The van der Waals surface area contributed by atoms with Crippen molar-refractivity contribution in [3.8, 4) is 0 Å². The van der Waals surface area contributed by atoms with Crippen LogP contribution in [0.5, 0.6) is 0 Å². The topological polar surface area (TPSA) is 74.2 Å². The maximum Gasteiger partial charge on any atom is 0.319 e. The molecule has 1 heterocycles. The van der Waals surface area contributed by atoms with Crippen molar-refractivity contribution >= 4 is 33.3 Å². The van der Waals surface area contributed by atoms with Crippen LogP contribution in [-0.4, -0.2) is 29.3 Å². The summed E-state index contributed by atoms with van der Waals surface area (Å²) in [4.78, 5) is 16.3. The second kappa shape index (κ2) is 6.41. The van der Waals surface area contributed by atoms with Gasteiger partial charge in [0.05, 0.1) is 15.2 Å². The fourth-order valence-electron chi connectivity index (χ4n) is 1.78. The van der Waals surface area contributed by atoms with E-state index in [0.29, 0.717) is 13.0 Å². The minimum Gasteiger partial charge on any atom is -0.396 e. The molecule has 0 aliphatic carbocycles. The largest absolute Gasteiger partial charge is 0.396 e. The summed E-state index contributed by atoms with van der Waals surface area (Å²) in [6.45, 7) is 6.94. The Labute approximate surface area is 128 Å². The number of aromatic nitrogens is 1. The highest BCUT2D eigenvalue weighted by Gasteiger charge is 2.18. The van der Waals surface area contributed by atoms with Crippen LogP contribution in [0.3, 0.4) is 0 Å². The maximum absolute atomic E-state index is 11.7. The Morgan fingerprint density at radius 2 is 2.14 bits per heavy atom. The lowest BCUT2D eigenvalue weighted by molar-refractivity contribution is 0.249. The first-order chi connectivity index (χ1) is 9.90. The highest BCUT2D eigenvalue weighted by Crippen LogP contribution is 2.32. The van der Waals surface area contributed by atoms with Crippen LogP contribution < -0.4 is 10.6 Å². The zero-order chi connectivity index (χ0) is 15.5. The van der Waals surface area contributed by atoms with E-state index in [2.05, 4.69) is 36.4 Å². The van der Waals surface area contributed by atoms with Crippen molar-refractivity contribution < 1.29 is 9.90 Å². The molecule has 5 nitrogen and oxygen atoms in total. The number of fused-ring (bicyclic) bond motifs is 1. The molecule has 3 N–H and O–H groups in total. The molecule has 2 rings (SSSR count). The number of thiazole rings is 1. The highest BCUT2D eigenvalue weighted by atomic mass is 32.1. The first-order valence-corrected chi connectivity index (χ1v) is 7.78. The summed E-state index contributed by atoms with van der Waals surface area (Å²) in [6.07, 6.45) is 0.552. The summed E-state index contributed by atoms with van der Waals surface area (Å²) in [5.74, 6) is 0. The molecule has 2 aromatic rings. The van der Waals surface area contributed by atoms with Crippen LogP contribution in [0.25, 0.3) is 10.2 Å². The number of benzene rings is 1. The van der Waals surface area contributed by atoms with Gasteiger partial charge in [-0.25, -0.2) is 9.78 Å². The van der Waals surface area contributed by atoms with E-state index in [1.54, 1.807) is 11.3 Å². The van der Waals surface area contributed by atoms with E-state index in [1.807, 2.05) is 18.2 Å². The second-order valence-corrected chi connectivity index (χ2v) is 6.94. The van der Waals surface area contributed by atoms with Gasteiger partial charge >= 0.3 is 6.03 Å². The SMILES string of the molecule is CC(C)(C)c1nc2ccc(NC(=O)NCCCO)cc2s1. The highest BCUT2D eigenvalue weighted by molar-refractivity contribution is 7.18. The van der Waals surface area contributed by atoms with Crippen molar-refractivity contribution in [2.24, 2.45) is 0 Å². The Balaban J connectivity index is 2.10. The monoisotopic (exact) mass is 307 g/mol. The van der Waals surface area contributed by atoms with Gasteiger partial charge in [-0.15, -0.1) is 11.3 Å². The molecule has 0 bridgehead atoms. The number of hydrogen-bond donors (Lipinski definition) is 3. The minimum absolute atomic E-state index is 0.0267. The third-order valence-electron chi connectivity index (χ3n) is 2.91. The Morgan fingerprint density at radius 1 is 1.38 bits per heavy atom. The van der Waals surface area contributed by atoms with Crippen molar-refractivity contribution in [2.75, 3.05) is 18.5 Å². The van der Waals surface area contributed by atoms with E-state index in [1.165, 1.54) is 0 Å². The van der Waals surface area contributed by atoms with Crippen LogP contribution in [0, 0.1) is 0 Å². The summed E-state index contributed by atoms with van der Waals surface area (Å²) in [7, 11) is 0. The molecule has 0 spiro atoms. The number of anilines is 1. The van der Waals surface area contributed by atoms with Gasteiger partial charge in [0.15, 0.2) is 0 Å². The van der Waals surface area contributed by atoms with Gasteiger partial charge in [0, 0.05) is 24.3 Å². The van der Waals surface area contributed by atoms with E-state index < -0.39 is 0 Å². The molecule has 0 unspecified atom stereocenters. The number of nitrogens with one attached hydrogen (secondary N) is 2. The molecule has 2 amide bonds. The van der Waals surface area contributed by atoms with E-state index in [9.17, 15) is 4.79 Å². The smallest absolute Gasteiger partial charge is 0.319 e. The van der Waals surface area contributed by atoms with Gasteiger partial charge in [-0.05, 0) is 24.6 Å². The van der Waals surface area contributed by atoms with Gasteiger partial charge in [-0.2, -0.15) is 0 Å². The van der Waals surface area contributed by atoms with Crippen molar-refractivity contribution in [3.63, 3.8) is 0 Å².